The minimum Gasteiger partial charge on any atom is -0.497 e. The van der Waals surface area contributed by atoms with Gasteiger partial charge in [-0.2, -0.15) is 11.8 Å². The molecule has 1 aliphatic rings. The van der Waals surface area contributed by atoms with E-state index < -0.39 is 12.1 Å². The summed E-state index contributed by atoms with van der Waals surface area (Å²) in [4.78, 5) is 25.2. The molecule has 7 heteroatoms. The van der Waals surface area contributed by atoms with Crippen molar-refractivity contribution < 1.29 is 24.2 Å². The molecule has 23 heavy (non-hydrogen) atoms. The standard InChI is InChI=1S/C16H21NO5S/c1-11(22-14-5-3-13(21-2)4-6-14)16(20)17-7-8-23-10-12(17)9-15(18)19/h3-6,11-12H,7-10H2,1-2H3,(H,18,19). The third kappa shape index (κ3) is 4.79. The molecular formula is C16H21NO5S. The Kier molecular flexibility index (Phi) is 6.15. The number of aliphatic carboxylic acids is 1. The predicted octanol–water partition coefficient (Wildman–Crippen LogP) is 1.88. The lowest BCUT2D eigenvalue weighted by atomic mass is 10.1. The Hall–Kier alpha value is -1.89. The zero-order valence-corrected chi connectivity index (χ0v) is 14.0. The second kappa shape index (κ2) is 8.10. The molecule has 0 saturated carbocycles. The molecule has 0 aliphatic carbocycles. The number of rotatable bonds is 6. The van der Waals surface area contributed by atoms with Crippen molar-refractivity contribution in [2.75, 3.05) is 25.2 Å². The van der Waals surface area contributed by atoms with Crippen molar-refractivity contribution in [2.24, 2.45) is 0 Å². The molecular weight excluding hydrogens is 318 g/mol. The Morgan fingerprint density at radius 1 is 1.35 bits per heavy atom. The fraction of sp³-hybridized carbons (Fsp3) is 0.500. The van der Waals surface area contributed by atoms with Crippen molar-refractivity contribution in [3.63, 3.8) is 0 Å². The number of hydrogen-bond donors (Lipinski definition) is 1. The van der Waals surface area contributed by atoms with Gasteiger partial charge in [-0.25, -0.2) is 0 Å². The SMILES string of the molecule is COc1ccc(OC(C)C(=O)N2CCSCC2CC(=O)O)cc1. The van der Waals surface area contributed by atoms with Gasteiger partial charge in [-0.15, -0.1) is 0 Å². The molecule has 6 nitrogen and oxygen atoms in total. The van der Waals surface area contributed by atoms with Gasteiger partial charge >= 0.3 is 5.97 Å². The van der Waals surface area contributed by atoms with Gasteiger partial charge in [-0.05, 0) is 31.2 Å². The second-order valence-electron chi connectivity index (χ2n) is 5.29. The van der Waals surface area contributed by atoms with Crippen LogP contribution in [0.3, 0.4) is 0 Å². The first kappa shape index (κ1) is 17.5. The van der Waals surface area contributed by atoms with Crippen molar-refractivity contribution in [3.05, 3.63) is 24.3 Å². The van der Waals surface area contributed by atoms with Crippen molar-refractivity contribution in [3.8, 4) is 11.5 Å². The Morgan fingerprint density at radius 3 is 2.61 bits per heavy atom. The highest BCUT2D eigenvalue weighted by Gasteiger charge is 2.32. The van der Waals surface area contributed by atoms with Crippen molar-refractivity contribution >= 4 is 23.6 Å². The van der Waals surface area contributed by atoms with Crippen LogP contribution in [0.4, 0.5) is 0 Å². The topological polar surface area (TPSA) is 76.1 Å². The number of thioether (sulfide) groups is 1. The first-order chi connectivity index (χ1) is 11.0. The number of hydrogen-bond acceptors (Lipinski definition) is 5. The summed E-state index contributed by atoms with van der Waals surface area (Å²) in [5.74, 6) is 1.69. The van der Waals surface area contributed by atoms with E-state index in [2.05, 4.69) is 0 Å². The molecule has 1 saturated heterocycles. The maximum Gasteiger partial charge on any atom is 0.305 e. The Bertz CT molecular complexity index is 548. The Balaban J connectivity index is 2.00. The van der Waals surface area contributed by atoms with Crippen LogP contribution in [0.15, 0.2) is 24.3 Å². The number of methoxy groups -OCH3 is 1. The smallest absolute Gasteiger partial charge is 0.305 e. The molecule has 0 radical (unpaired) electrons. The van der Waals surface area contributed by atoms with E-state index in [-0.39, 0.29) is 18.4 Å². The summed E-state index contributed by atoms with van der Waals surface area (Å²) in [6.07, 6.45) is -0.698. The molecule has 0 aromatic heterocycles. The number of carbonyl (C=O) groups is 2. The molecule has 1 aliphatic heterocycles. The minimum absolute atomic E-state index is 0.0337. The molecule has 1 N–H and O–H groups in total. The number of amides is 1. The first-order valence-corrected chi connectivity index (χ1v) is 8.57. The van der Waals surface area contributed by atoms with Gasteiger partial charge in [0.05, 0.1) is 19.6 Å². The number of carboxylic acid groups (broad SMARTS) is 1. The van der Waals surface area contributed by atoms with Gasteiger partial charge < -0.3 is 19.5 Å². The summed E-state index contributed by atoms with van der Waals surface area (Å²) < 4.78 is 10.8. The van der Waals surface area contributed by atoms with Crippen LogP contribution in [-0.4, -0.2) is 59.2 Å². The van der Waals surface area contributed by atoms with Crippen LogP contribution in [0.1, 0.15) is 13.3 Å². The van der Waals surface area contributed by atoms with Gasteiger partial charge in [0.15, 0.2) is 6.10 Å². The highest BCUT2D eigenvalue weighted by atomic mass is 32.2. The van der Waals surface area contributed by atoms with Gasteiger partial charge in [0.25, 0.3) is 5.91 Å². The quantitative estimate of drug-likeness (QED) is 0.853. The van der Waals surface area contributed by atoms with E-state index in [4.69, 9.17) is 14.6 Å². The van der Waals surface area contributed by atoms with Crippen molar-refractivity contribution in [1.29, 1.82) is 0 Å². The molecule has 1 amide bonds. The van der Waals surface area contributed by atoms with Gasteiger partial charge in [-0.1, -0.05) is 0 Å². The maximum absolute atomic E-state index is 12.6. The average molecular weight is 339 g/mol. The molecule has 126 valence electrons. The van der Waals surface area contributed by atoms with Crippen LogP contribution in [0, 0.1) is 0 Å². The van der Waals surface area contributed by atoms with Crippen LogP contribution in [0.25, 0.3) is 0 Å². The molecule has 1 heterocycles. The number of carbonyl (C=O) groups excluding carboxylic acids is 1. The van der Waals surface area contributed by atoms with Crippen LogP contribution >= 0.6 is 11.8 Å². The van der Waals surface area contributed by atoms with E-state index in [1.165, 1.54) is 0 Å². The Labute approximate surface area is 139 Å². The van der Waals surface area contributed by atoms with Crippen molar-refractivity contribution in [1.82, 2.24) is 4.90 Å². The first-order valence-electron chi connectivity index (χ1n) is 7.42. The number of benzene rings is 1. The maximum atomic E-state index is 12.6. The van der Waals surface area contributed by atoms with Gasteiger partial charge in [-0.3, -0.25) is 9.59 Å². The fourth-order valence-electron chi connectivity index (χ4n) is 2.46. The molecule has 0 spiro atoms. The molecule has 2 atom stereocenters. The predicted molar refractivity (Wildman–Crippen MR) is 88.2 cm³/mol. The number of ether oxygens (including phenoxy) is 2. The van der Waals surface area contributed by atoms with E-state index in [1.54, 1.807) is 55.0 Å². The highest BCUT2D eigenvalue weighted by molar-refractivity contribution is 7.99. The molecule has 1 fully saturated rings. The monoisotopic (exact) mass is 339 g/mol. The average Bonchev–Trinajstić information content (AvgIpc) is 2.55. The Morgan fingerprint density at radius 2 is 2.00 bits per heavy atom. The summed E-state index contributed by atoms with van der Waals surface area (Å²) in [6, 6.07) is 6.72. The van der Waals surface area contributed by atoms with Crippen LogP contribution in [0.5, 0.6) is 11.5 Å². The highest BCUT2D eigenvalue weighted by Crippen LogP contribution is 2.22. The van der Waals surface area contributed by atoms with E-state index in [1.807, 2.05) is 0 Å². The van der Waals surface area contributed by atoms with E-state index in [9.17, 15) is 9.59 Å². The zero-order chi connectivity index (χ0) is 16.8. The lowest BCUT2D eigenvalue weighted by Gasteiger charge is -2.36. The van der Waals surface area contributed by atoms with E-state index in [0.29, 0.717) is 23.8 Å². The molecule has 1 aromatic carbocycles. The largest absolute Gasteiger partial charge is 0.497 e. The normalized spacial score (nSPS) is 19.0. The van der Waals surface area contributed by atoms with Crippen LogP contribution < -0.4 is 9.47 Å². The second-order valence-corrected chi connectivity index (χ2v) is 6.44. The van der Waals surface area contributed by atoms with Gasteiger partial charge in [0, 0.05) is 18.1 Å². The number of nitrogens with zero attached hydrogens (tertiary/aromatic N) is 1. The van der Waals surface area contributed by atoms with E-state index in [0.717, 1.165) is 5.75 Å². The lowest BCUT2D eigenvalue weighted by Crippen LogP contribution is -2.51. The minimum atomic E-state index is -0.890. The summed E-state index contributed by atoms with van der Waals surface area (Å²) in [5, 5.41) is 9.00. The fourth-order valence-corrected chi connectivity index (χ4v) is 3.52. The molecule has 2 unspecified atom stereocenters. The lowest BCUT2D eigenvalue weighted by molar-refractivity contribution is -0.143. The third-order valence-electron chi connectivity index (χ3n) is 3.64. The summed E-state index contributed by atoms with van der Waals surface area (Å²) >= 11 is 1.67. The third-order valence-corrected chi connectivity index (χ3v) is 4.73. The molecule has 0 bridgehead atoms. The van der Waals surface area contributed by atoms with Gasteiger partial charge in [0.2, 0.25) is 0 Å². The van der Waals surface area contributed by atoms with Crippen LogP contribution in [0.2, 0.25) is 0 Å². The molecule has 2 rings (SSSR count). The summed E-state index contributed by atoms with van der Waals surface area (Å²) in [6.45, 7) is 2.24. The zero-order valence-electron chi connectivity index (χ0n) is 13.2. The molecule has 1 aromatic rings. The van der Waals surface area contributed by atoms with Crippen LogP contribution in [-0.2, 0) is 9.59 Å². The summed E-state index contributed by atoms with van der Waals surface area (Å²) in [7, 11) is 1.58. The summed E-state index contributed by atoms with van der Waals surface area (Å²) in [5.41, 5.74) is 0. The van der Waals surface area contributed by atoms with Crippen molar-refractivity contribution in [2.45, 2.75) is 25.5 Å². The van der Waals surface area contributed by atoms with E-state index >= 15 is 0 Å². The van der Waals surface area contributed by atoms with Gasteiger partial charge in [0.1, 0.15) is 11.5 Å². The number of carboxylic acids is 1.